The molecule has 0 saturated carbocycles. The van der Waals surface area contributed by atoms with Crippen molar-refractivity contribution >= 4 is 21.9 Å². The lowest BCUT2D eigenvalue weighted by Crippen LogP contribution is -2.28. The second-order valence-electron chi connectivity index (χ2n) is 7.93. The number of carbonyl (C=O) groups is 1. The van der Waals surface area contributed by atoms with E-state index in [-0.39, 0.29) is 16.6 Å². The van der Waals surface area contributed by atoms with E-state index in [0.29, 0.717) is 36.0 Å². The van der Waals surface area contributed by atoms with Crippen LogP contribution in [0.25, 0.3) is 11.3 Å². The fraction of sp³-hybridized carbons (Fsp3) is 0.348. The fourth-order valence-electron chi connectivity index (χ4n) is 3.81. The molecule has 174 valence electrons. The number of rotatable bonds is 6. The number of nitrogens with one attached hydrogen (secondary N) is 1. The summed E-state index contributed by atoms with van der Waals surface area (Å²) >= 11 is 0. The van der Waals surface area contributed by atoms with Gasteiger partial charge in [0, 0.05) is 37.2 Å². The highest BCUT2D eigenvalue weighted by Crippen LogP contribution is 2.29. The van der Waals surface area contributed by atoms with Crippen LogP contribution in [0.5, 0.6) is 0 Å². The van der Waals surface area contributed by atoms with Crippen molar-refractivity contribution in [3.05, 3.63) is 59.5 Å². The molecule has 9 nitrogen and oxygen atoms in total. The number of aromatic nitrogens is 3. The van der Waals surface area contributed by atoms with Gasteiger partial charge < -0.3 is 14.8 Å². The van der Waals surface area contributed by atoms with Crippen LogP contribution in [0.4, 0.5) is 5.95 Å². The SMILES string of the molecule is COC(=O)c1cc(-c2nc(NC3CCOCC3)ncc2C)cn1S(=O)(=O)c1ccccc1C. The Morgan fingerprint density at radius 2 is 1.91 bits per heavy atom. The van der Waals surface area contributed by atoms with Crippen molar-refractivity contribution in [2.75, 3.05) is 25.6 Å². The molecule has 3 heterocycles. The van der Waals surface area contributed by atoms with Gasteiger partial charge in [0.05, 0.1) is 17.7 Å². The zero-order valence-electron chi connectivity index (χ0n) is 18.7. The minimum absolute atomic E-state index is 0.104. The van der Waals surface area contributed by atoms with Crippen molar-refractivity contribution in [2.45, 2.75) is 37.6 Å². The van der Waals surface area contributed by atoms with Crippen LogP contribution in [0, 0.1) is 13.8 Å². The van der Waals surface area contributed by atoms with E-state index in [1.807, 2.05) is 6.92 Å². The monoisotopic (exact) mass is 470 g/mol. The Bertz CT molecular complexity index is 1280. The third-order valence-corrected chi connectivity index (χ3v) is 7.44. The Labute approximate surface area is 192 Å². The number of methoxy groups -OCH3 is 1. The molecule has 1 N–H and O–H groups in total. The molecule has 4 rings (SSSR count). The molecule has 2 aromatic heterocycles. The standard InChI is InChI=1S/C23H26N4O5S/c1-15-6-4-5-7-20(15)33(29,30)27-14-17(12-19(27)22(28)31-3)21-16(2)13-24-23(26-21)25-18-8-10-32-11-9-18/h4-7,12-14,18H,8-11H2,1-3H3,(H,24,25,26). The third kappa shape index (κ3) is 4.62. The highest BCUT2D eigenvalue weighted by atomic mass is 32.2. The van der Waals surface area contributed by atoms with Crippen LogP contribution in [-0.4, -0.2) is 54.7 Å². The first-order valence-electron chi connectivity index (χ1n) is 10.6. The van der Waals surface area contributed by atoms with E-state index in [9.17, 15) is 13.2 Å². The van der Waals surface area contributed by atoms with Gasteiger partial charge in [-0.3, -0.25) is 0 Å². The molecule has 0 amide bonds. The molecule has 0 aliphatic carbocycles. The summed E-state index contributed by atoms with van der Waals surface area (Å²) in [6, 6.07) is 8.30. The number of benzene rings is 1. The minimum atomic E-state index is -4.05. The number of ether oxygens (including phenoxy) is 2. The normalized spacial score (nSPS) is 14.8. The van der Waals surface area contributed by atoms with Crippen molar-refractivity contribution in [2.24, 2.45) is 0 Å². The van der Waals surface area contributed by atoms with Crippen molar-refractivity contribution in [1.82, 2.24) is 13.9 Å². The molecule has 1 aliphatic heterocycles. The van der Waals surface area contributed by atoms with E-state index in [1.54, 1.807) is 31.3 Å². The summed E-state index contributed by atoms with van der Waals surface area (Å²) in [5, 5.41) is 3.32. The zero-order chi connectivity index (χ0) is 23.6. The van der Waals surface area contributed by atoms with Crippen molar-refractivity contribution in [3.63, 3.8) is 0 Å². The molecular weight excluding hydrogens is 444 g/mol. The molecule has 0 atom stereocenters. The van der Waals surface area contributed by atoms with Crippen LogP contribution in [-0.2, 0) is 19.5 Å². The second-order valence-corrected chi connectivity index (χ2v) is 9.71. The quantitative estimate of drug-likeness (QED) is 0.547. The van der Waals surface area contributed by atoms with Gasteiger partial charge in [0.2, 0.25) is 5.95 Å². The molecule has 0 radical (unpaired) electrons. The molecule has 3 aromatic rings. The van der Waals surface area contributed by atoms with Crippen molar-refractivity contribution < 1.29 is 22.7 Å². The van der Waals surface area contributed by atoms with E-state index in [4.69, 9.17) is 9.47 Å². The maximum atomic E-state index is 13.5. The first kappa shape index (κ1) is 22.9. The van der Waals surface area contributed by atoms with Gasteiger partial charge in [-0.15, -0.1) is 0 Å². The van der Waals surface area contributed by atoms with E-state index in [0.717, 1.165) is 22.4 Å². The predicted molar refractivity (Wildman–Crippen MR) is 123 cm³/mol. The van der Waals surface area contributed by atoms with Gasteiger partial charge in [0.15, 0.2) is 0 Å². The summed E-state index contributed by atoms with van der Waals surface area (Å²) in [4.78, 5) is 21.6. The Morgan fingerprint density at radius 3 is 2.61 bits per heavy atom. The molecule has 10 heteroatoms. The minimum Gasteiger partial charge on any atom is -0.464 e. The van der Waals surface area contributed by atoms with E-state index >= 15 is 0 Å². The molecular formula is C23H26N4O5S. The highest BCUT2D eigenvalue weighted by molar-refractivity contribution is 7.90. The number of hydrogen-bond donors (Lipinski definition) is 1. The Hall–Kier alpha value is -3.24. The van der Waals surface area contributed by atoms with Crippen molar-refractivity contribution in [3.8, 4) is 11.3 Å². The second kappa shape index (κ2) is 9.32. The molecule has 0 spiro atoms. The number of hydrogen-bond acceptors (Lipinski definition) is 8. The summed E-state index contributed by atoms with van der Waals surface area (Å²) in [6.45, 7) is 4.90. The van der Waals surface area contributed by atoms with E-state index in [2.05, 4.69) is 15.3 Å². The number of esters is 1. The predicted octanol–water partition coefficient (Wildman–Crippen LogP) is 3.18. The van der Waals surface area contributed by atoms with Crippen LogP contribution in [0.2, 0.25) is 0 Å². The fourth-order valence-corrected chi connectivity index (χ4v) is 5.38. The molecule has 1 aromatic carbocycles. The van der Waals surface area contributed by atoms with Crippen molar-refractivity contribution in [1.29, 1.82) is 0 Å². The lowest BCUT2D eigenvalue weighted by molar-refractivity contribution is 0.0592. The maximum Gasteiger partial charge on any atom is 0.355 e. The molecule has 0 bridgehead atoms. The number of anilines is 1. The van der Waals surface area contributed by atoms with Gasteiger partial charge in [0.1, 0.15) is 5.69 Å². The highest BCUT2D eigenvalue weighted by Gasteiger charge is 2.27. The lowest BCUT2D eigenvalue weighted by atomic mass is 10.1. The van der Waals surface area contributed by atoms with Gasteiger partial charge >= 0.3 is 5.97 Å². The first-order chi connectivity index (χ1) is 15.8. The first-order valence-corrected chi connectivity index (χ1v) is 12.1. The van der Waals surface area contributed by atoms with Gasteiger partial charge in [-0.1, -0.05) is 18.2 Å². The van der Waals surface area contributed by atoms with Gasteiger partial charge in [-0.25, -0.2) is 27.2 Å². The maximum absolute atomic E-state index is 13.5. The molecule has 0 unspecified atom stereocenters. The summed E-state index contributed by atoms with van der Waals surface area (Å²) in [5.41, 5.74) is 2.22. The number of nitrogens with zero attached hydrogens (tertiary/aromatic N) is 3. The third-order valence-electron chi connectivity index (χ3n) is 5.61. The number of carbonyl (C=O) groups excluding carboxylic acids is 1. The van der Waals surface area contributed by atoms with Crippen LogP contribution >= 0.6 is 0 Å². The largest absolute Gasteiger partial charge is 0.464 e. The number of aryl methyl sites for hydroxylation is 2. The molecule has 1 aliphatic rings. The summed E-state index contributed by atoms with van der Waals surface area (Å²) < 4.78 is 38.1. The van der Waals surface area contributed by atoms with Gasteiger partial charge in [-0.2, -0.15) is 0 Å². The van der Waals surface area contributed by atoms with Gasteiger partial charge in [-0.05, 0) is 49.9 Å². The smallest absolute Gasteiger partial charge is 0.355 e. The van der Waals surface area contributed by atoms with E-state index < -0.39 is 16.0 Å². The average Bonchev–Trinajstić information content (AvgIpc) is 3.27. The Kier molecular flexibility index (Phi) is 6.48. The molecule has 33 heavy (non-hydrogen) atoms. The van der Waals surface area contributed by atoms with Crippen LogP contribution < -0.4 is 5.32 Å². The molecule has 1 fully saturated rings. The Morgan fingerprint density at radius 1 is 1.18 bits per heavy atom. The average molecular weight is 471 g/mol. The van der Waals surface area contributed by atoms with Gasteiger partial charge in [0.25, 0.3) is 10.0 Å². The topological polar surface area (TPSA) is 112 Å². The lowest BCUT2D eigenvalue weighted by Gasteiger charge is -2.23. The summed E-state index contributed by atoms with van der Waals surface area (Å²) in [7, 11) is -2.83. The molecule has 1 saturated heterocycles. The summed E-state index contributed by atoms with van der Waals surface area (Å²) in [6.07, 6.45) is 4.78. The van der Waals surface area contributed by atoms with Crippen LogP contribution in [0.3, 0.4) is 0 Å². The zero-order valence-corrected chi connectivity index (χ0v) is 19.6. The van der Waals surface area contributed by atoms with Crippen LogP contribution in [0.15, 0.2) is 47.6 Å². The Balaban J connectivity index is 1.78. The van der Waals surface area contributed by atoms with Crippen LogP contribution in [0.1, 0.15) is 34.5 Å². The van der Waals surface area contributed by atoms with E-state index in [1.165, 1.54) is 25.4 Å². The summed E-state index contributed by atoms with van der Waals surface area (Å²) in [5.74, 6) is -0.317.